The molecule has 6 unspecified atom stereocenters. The van der Waals surface area contributed by atoms with Gasteiger partial charge in [0.1, 0.15) is 58.2 Å². The molecule has 5 aliphatic rings. The molecule has 7 atom stereocenters. The van der Waals surface area contributed by atoms with Crippen molar-refractivity contribution < 1.29 is 60.2 Å². The lowest BCUT2D eigenvalue weighted by atomic mass is 9.71. The van der Waals surface area contributed by atoms with Crippen molar-refractivity contribution in [1.29, 1.82) is 0 Å². The minimum absolute atomic E-state index is 0.00455. The number of hydrogen-bond donors (Lipinski definition) is 9. The number of aliphatic hydroxyl groups is 6. The van der Waals surface area contributed by atoms with Gasteiger partial charge in [0.25, 0.3) is 5.79 Å². The van der Waals surface area contributed by atoms with Crippen molar-refractivity contribution in [3.63, 3.8) is 0 Å². The molecule has 2 bridgehead atoms. The van der Waals surface area contributed by atoms with Gasteiger partial charge in [-0.3, -0.25) is 0 Å². The Labute approximate surface area is 238 Å². The average molecular weight is 581 g/mol. The predicted octanol–water partition coefficient (Wildman–Crippen LogP) is 3.25. The van der Waals surface area contributed by atoms with Crippen molar-refractivity contribution >= 4 is 0 Å². The number of ether oxygens (including phenoxy) is 3. The topological polar surface area (TPSA) is 210 Å². The van der Waals surface area contributed by atoms with E-state index in [1.165, 1.54) is 30.4 Å². The first-order valence-electron chi connectivity index (χ1n) is 13.4. The summed E-state index contributed by atoms with van der Waals surface area (Å²) in [6.45, 7) is 0. The Morgan fingerprint density at radius 1 is 0.714 bits per heavy atom. The van der Waals surface area contributed by atoms with Crippen LogP contribution in [-0.4, -0.2) is 70.1 Å². The molecule has 2 aromatic carbocycles. The number of aromatic hydroxyl groups is 3. The Hall–Kier alpha value is -4.68. The molecule has 12 nitrogen and oxygen atoms in total. The smallest absolute Gasteiger partial charge is 0.284 e. The fourth-order valence-corrected chi connectivity index (χ4v) is 6.74. The van der Waals surface area contributed by atoms with Crippen molar-refractivity contribution in [2.45, 2.75) is 49.3 Å². The number of rotatable bonds is 2. The minimum Gasteiger partial charge on any atom is -0.508 e. The van der Waals surface area contributed by atoms with Gasteiger partial charge in [-0.15, -0.1) is 0 Å². The fraction of sp³-hybridized carbons (Fsp3) is 0.333. The zero-order chi connectivity index (χ0) is 29.7. The van der Waals surface area contributed by atoms with Gasteiger partial charge in [0.2, 0.25) is 0 Å². The molecule has 7 rings (SSSR count). The van der Waals surface area contributed by atoms with E-state index in [2.05, 4.69) is 0 Å². The molecule has 2 aromatic rings. The summed E-state index contributed by atoms with van der Waals surface area (Å²) < 4.78 is 18.9. The molecule has 0 fully saturated rings. The van der Waals surface area contributed by atoms with E-state index < -0.39 is 41.9 Å². The molecule has 0 spiro atoms. The zero-order valence-electron chi connectivity index (χ0n) is 21.9. The van der Waals surface area contributed by atoms with Crippen LogP contribution >= 0.6 is 0 Å². The highest BCUT2D eigenvalue weighted by molar-refractivity contribution is 5.67. The molecule has 0 amide bonds. The van der Waals surface area contributed by atoms with Crippen molar-refractivity contribution in [2.24, 2.45) is 11.8 Å². The Morgan fingerprint density at radius 2 is 1.38 bits per heavy atom. The highest BCUT2D eigenvalue weighted by Gasteiger charge is 2.62. The molecule has 0 saturated carbocycles. The third-order valence-electron chi connectivity index (χ3n) is 8.76. The molecule has 9 N–H and O–H groups in total. The molecule has 42 heavy (non-hydrogen) atoms. The van der Waals surface area contributed by atoms with Gasteiger partial charge in [-0.1, -0.05) is 12.2 Å². The van der Waals surface area contributed by atoms with Crippen LogP contribution in [0.1, 0.15) is 35.4 Å². The van der Waals surface area contributed by atoms with E-state index in [1.807, 2.05) is 0 Å². The lowest BCUT2D eigenvalue weighted by Gasteiger charge is -2.53. The highest BCUT2D eigenvalue weighted by Crippen LogP contribution is 2.61. The predicted molar refractivity (Wildman–Crippen MR) is 143 cm³/mol. The first-order valence-corrected chi connectivity index (χ1v) is 13.4. The van der Waals surface area contributed by atoms with Crippen LogP contribution in [0.4, 0.5) is 0 Å². The number of benzene rings is 2. The van der Waals surface area contributed by atoms with E-state index in [4.69, 9.17) is 14.2 Å². The number of allylic oxidation sites excluding steroid dienone is 4. The lowest BCUT2D eigenvalue weighted by Crippen LogP contribution is -2.64. The third kappa shape index (κ3) is 3.61. The average Bonchev–Trinajstić information content (AvgIpc) is 2.92. The number of hydrogen-bond acceptors (Lipinski definition) is 12. The van der Waals surface area contributed by atoms with Crippen molar-refractivity contribution in [3.8, 4) is 34.5 Å². The van der Waals surface area contributed by atoms with Crippen LogP contribution < -0.4 is 14.2 Å². The minimum atomic E-state index is -1.94. The molecule has 2 aliphatic carbocycles. The number of phenolic OH excluding ortho intramolecular Hbond substituents is 3. The second kappa shape index (κ2) is 8.91. The molecular weight excluding hydrogens is 552 g/mol. The van der Waals surface area contributed by atoms with Crippen LogP contribution in [0.5, 0.6) is 34.5 Å². The molecule has 0 radical (unpaired) electrons. The van der Waals surface area contributed by atoms with Gasteiger partial charge < -0.3 is 60.2 Å². The lowest BCUT2D eigenvalue weighted by molar-refractivity contribution is -0.233. The monoisotopic (exact) mass is 580 g/mol. The Kier molecular flexibility index (Phi) is 5.56. The first kappa shape index (κ1) is 26.2. The molecule has 3 aliphatic heterocycles. The summed E-state index contributed by atoms with van der Waals surface area (Å²) in [6, 6.07) is 3.65. The summed E-state index contributed by atoms with van der Waals surface area (Å²) in [7, 11) is 0. The summed E-state index contributed by atoms with van der Waals surface area (Å²) >= 11 is 0. The summed E-state index contributed by atoms with van der Waals surface area (Å²) in [5.41, 5.74) is 0.598. The first-order chi connectivity index (χ1) is 20.0. The van der Waals surface area contributed by atoms with E-state index in [0.717, 1.165) is 6.07 Å². The fourth-order valence-electron chi connectivity index (χ4n) is 6.74. The summed E-state index contributed by atoms with van der Waals surface area (Å²) in [5.74, 6) is -6.57. The van der Waals surface area contributed by atoms with E-state index in [-0.39, 0.29) is 93.5 Å². The summed E-state index contributed by atoms with van der Waals surface area (Å²) in [5, 5.41) is 95.5. The quantitative estimate of drug-likeness (QED) is 0.251. The Balaban J connectivity index is 1.41. The van der Waals surface area contributed by atoms with Crippen LogP contribution in [-0.2, 0) is 6.42 Å². The zero-order valence-corrected chi connectivity index (χ0v) is 21.9. The number of phenols is 3. The van der Waals surface area contributed by atoms with Gasteiger partial charge in [0, 0.05) is 60.1 Å². The van der Waals surface area contributed by atoms with Crippen LogP contribution in [0, 0.1) is 11.8 Å². The van der Waals surface area contributed by atoms with Crippen LogP contribution in [0.15, 0.2) is 65.5 Å². The SMILES string of the molecule is OC1=C(O)CC(C2Oc3c(c(O)cc4c3C3c5c(O)cc(O)cc5O[C@@](C5C=CC(O)=C(O)C5)(O4)C3O)CC2O)C=C1. The van der Waals surface area contributed by atoms with Gasteiger partial charge in [-0.25, -0.2) is 0 Å². The molecule has 220 valence electrons. The molecule has 0 saturated heterocycles. The second-order valence-electron chi connectivity index (χ2n) is 11.3. The maximum atomic E-state index is 12.0. The van der Waals surface area contributed by atoms with Gasteiger partial charge in [-0.05, 0) is 12.2 Å². The normalized spacial score (nSPS) is 32.7. The van der Waals surface area contributed by atoms with Crippen LogP contribution in [0.2, 0.25) is 0 Å². The molecule has 3 heterocycles. The van der Waals surface area contributed by atoms with E-state index in [9.17, 15) is 46.0 Å². The molecule has 12 heteroatoms. The standard InChI is InChI=1S/C30H28O12/c31-13-7-20(37)24-22(8-13)41-30(12-2-4-16(33)19(36)6-12)29(39)26(24)25-23(42-30)10-17(34)14-9-21(38)27(40-28(14)25)11-1-3-15(32)18(35)5-11/h1-4,7-8,10-12,21,26-27,29,31-39H,5-6,9H2/t11?,12?,21?,26?,27?,29?,30-/m0/s1. The van der Waals surface area contributed by atoms with Gasteiger partial charge in [0.05, 0.1) is 17.9 Å². The van der Waals surface area contributed by atoms with Crippen LogP contribution in [0.3, 0.4) is 0 Å². The maximum absolute atomic E-state index is 12.0. The van der Waals surface area contributed by atoms with E-state index >= 15 is 0 Å². The number of aliphatic hydroxyl groups excluding tert-OH is 6. The third-order valence-corrected chi connectivity index (χ3v) is 8.76. The molecule has 0 aromatic heterocycles. The van der Waals surface area contributed by atoms with Crippen molar-refractivity contribution in [1.82, 2.24) is 0 Å². The van der Waals surface area contributed by atoms with Gasteiger partial charge >= 0.3 is 0 Å². The van der Waals surface area contributed by atoms with Crippen molar-refractivity contribution in [3.05, 3.63) is 82.2 Å². The maximum Gasteiger partial charge on any atom is 0.284 e. The van der Waals surface area contributed by atoms with Crippen LogP contribution in [0.25, 0.3) is 0 Å². The van der Waals surface area contributed by atoms with Crippen molar-refractivity contribution in [2.75, 3.05) is 0 Å². The second-order valence-corrected chi connectivity index (χ2v) is 11.3. The van der Waals surface area contributed by atoms with E-state index in [0.29, 0.717) is 0 Å². The largest absolute Gasteiger partial charge is 0.508 e. The summed E-state index contributed by atoms with van der Waals surface area (Å²) in [4.78, 5) is 0. The Bertz CT molecular complexity index is 1640. The molecular formula is C30H28O12. The summed E-state index contributed by atoms with van der Waals surface area (Å²) in [6.07, 6.45) is 1.82. The van der Waals surface area contributed by atoms with Gasteiger partial charge in [0.15, 0.2) is 11.5 Å². The number of fused-ring (bicyclic) bond motifs is 8. The highest BCUT2D eigenvalue weighted by atomic mass is 16.7. The van der Waals surface area contributed by atoms with E-state index in [1.54, 1.807) is 6.08 Å². The van der Waals surface area contributed by atoms with Gasteiger partial charge in [-0.2, -0.15) is 0 Å². The Morgan fingerprint density at radius 3 is 2.07 bits per heavy atom.